The van der Waals surface area contributed by atoms with Crippen molar-refractivity contribution in [3.8, 4) is 0 Å². The third-order valence-corrected chi connectivity index (χ3v) is 3.68. The SMILES string of the molecule is O=S(=O)(OC1CCNC1)c1ccccc1. The highest BCUT2D eigenvalue weighted by atomic mass is 32.2. The molecule has 1 heterocycles. The Morgan fingerprint density at radius 3 is 2.60 bits per heavy atom. The monoisotopic (exact) mass is 227 g/mol. The molecule has 1 aliphatic heterocycles. The molecule has 1 saturated heterocycles. The maximum atomic E-state index is 11.7. The fourth-order valence-electron chi connectivity index (χ4n) is 1.53. The minimum absolute atomic E-state index is 0.219. The Kier molecular flexibility index (Phi) is 3.04. The molecule has 2 rings (SSSR count). The first-order valence-electron chi connectivity index (χ1n) is 4.87. The maximum Gasteiger partial charge on any atom is 0.297 e. The van der Waals surface area contributed by atoms with Gasteiger partial charge in [0.05, 0.1) is 11.0 Å². The second kappa shape index (κ2) is 4.30. The predicted octanol–water partition coefficient (Wildman–Crippen LogP) is 0.754. The lowest BCUT2D eigenvalue weighted by atomic mass is 10.3. The molecule has 0 radical (unpaired) electrons. The predicted molar refractivity (Wildman–Crippen MR) is 56.0 cm³/mol. The molecule has 15 heavy (non-hydrogen) atoms. The smallest absolute Gasteiger partial charge is 0.297 e. The van der Waals surface area contributed by atoms with E-state index in [0.29, 0.717) is 6.54 Å². The van der Waals surface area contributed by atoms with Gasteiger partial charge in [0.15, 0.2) is 0 Å². The van der Waals surface area contributed by atoms with Gasteiger partial charge >= 0.3 is 0 Å². The Morgan fingerprint density at radius 2 is 2.00 bits per heavy atom. The van der Waals surface area contributed by atoms with Gasteiger partial charge in [-0.15, -0.1) is 0 Å². The Bertz CT molecular complexity index is 410. The van der Waals surface area contributed by atoms with Gasteiger partial charge in [-0.2, -0.15) is 8.42 Å². The van der Waals surface area contributed by atoms with Crippen LogP contribution in [0.25, 0.3) is 0 Å². The van der Waals surface area contributed by atoms with E-state index >= 15 is 0 Å². The van der Waals surface area contributed by atoms with E-state index in [1.807, 2.05) is 0 Å². The van der Waals surface area contributed by atoms with Crippen LogP contribution >= 0.6 is 0 Å². The van der Waals surface area contributed by atoms with E-state index in [0.717, 1.165) is 13.0 Å². The first kappa shape index (κ1) is 10.6. The standard InChI is InChI=1S/C10H13NO3S/c12-15(13,10-4-2-1-3-5-10)14-9-6-7-11-8-9/h1-5,9,11H,6-8H2. The number of rotatable bonds is 3. The first-order valence-corrected chi connectivity index (χ1v) is 6.28. The first-order chi connectivity index (χ1) is 7.18. The minimum Gasteiger partial charge on any atom is -0.314 e. The summed E-state index contributed by atoms with van der Waals surface area (Å²) in [6.45, 7) is 1.42. The van der Waals surface area contributed by atoms with Gasteiger partial charge in [-0.25, -0.2) is 0 Å². The number of nitrogens with one attached hydrogen (secondary N) is 1. The molecule has 0 aliphatic carbocycles. The van der Waals surface area contributed by atoms with Crippen LogP contribution in [-0.4, -0.2) is 27.6 Å². The van der Waals surface area contributed by atoms with E-state index in [9.17, 15) is 8.42 Å². The van der Waals surface area contributed by atoms with E-state index in [4.69, 9.17) is 4.18 Å². The van der Waals surface area contributed by atoms with E-state index in [1.54, 1.807) is 18.2 Å². The molecule has 1 aromatic carbocycles. The van der Waals surface area contributed by atoms with Gasteiger partial charge in [0.2, 0.25) is 0 Å². The van der Waals surface area contributed by atoms with E-state index in [2.05, 4.69) is 5.32 Å². The van der Waals surface area contributed by atoms with Crippen LogP contribution in [0.1, 0.15) is 6.42 Å². The molecule has 0 saturated carbocycles. The second-order valence-corrected chi connectivity index (χ2v) is 5.05. The molecule has 1 aromatic rings. The molecule has 0 amide bonds. The summed E-state index contributed by atoms with van der Waals surface area (Å²) >= 11 is 0. The molecule has 1 unspecified atom stereocenters. The summed E-state index contributed by atoms with van der Waals surface area (Å²) in [6, 6.07) is 8.22. The van der Waals surface area contributed by atoms with Gasteiger partial charge in [-0.3, -0.25) is 4.18 Å². The average molecular weight is 227 g/mol. The summed E-state index contributed by atoms with van der Waals surface area (Å²) in [5.74, 6) is 0. The normalized spacial score (nSPS) is 21.7. The Morgan fingerprint density at radius 1 is 1.27 bits per heavy atom. The molecule has 0 aromatic heterocycles. The molecule has 82 valence electrons. The molecular formula is C10H13NO3S. The number of benzene rings is 1. The molecule has 1 N–H and O–H groups in total. The molecule has 1 fully saturated rings. The number of hydrogen-bond acceptors (Lipinski definition) is 4. The molecule has 0 spiro atoms. The Labute approximate surface area is 89.4 Å². The summed E-state index contributed by atoms with van der Waals surface area (Å²) in [6.07, 6.45) is 0.515. The van der Waals surface area contributed by atoms with E-state index in [-0.39, 0.29) is 11.0 Å². The van der Waals surface area contributed by atoms with Crippen molar-refractivity contribution in [1.29, 1.82) is 0 Å². The van der Waals surface area contributed by atoms with Crippen LogP contribution in [0.4, 0.5) is 0 Å². The largest absolute Gasteiger partial charge is 0.314 e. The van der Waals surface area contributed by atoms with E-state index < -0.39 is 10.1 Å². The Hall–Kier alpha value is -0.910. The Balaban J connectivity index is 2.13. The molecular weight excluding hydrogens is 214 g/mol. The molecule has 1 aliphatic rings. The fraction of sp³-hybridized carbons (Fsp3) is 0.400. The minimum atomic E-state index is -3.58. The third-order valence-electron chi connectivity index (χ3n) is 2.31. The van der Waals surface area contributed by atoms with E-state index in [1.165, 1.54) is 12.1 Å². The summed E-state index contributed by atoms with van der Waals surface area (Å²) in [5, 5.41) is 3.06. The molecule has 4 nitrogen and oxygen atoms in total. The third kappa shape index (κ3) is 2.56. The second-order valence-electron chi connectivity index (χ2n) is 3.48. The number of hydrogen-bond donors (Lipinski definition) is 1. The van der Waals surface area contributed by atoms with Crippen molar-refractivity contribution >= 4 is 10.1 Å². The van der Waals surface area contributed by atoms with Crippen LogP contribution < -0.4 is 5.32 Å². The van der Waals surface area contributed by atoms with Crippen LogP contribution in [0.15, 0.2) is 35.2 Å². The lowest BCUT2D eigenvalue weighted by Gasteiger charge is -2.10. The summed E-state index contributed by atoms with van der Waals surface area (Å²) in [5.41, 5.74) is 0. The van der Waals surface area contributed by atoms with Crippen LogP contribution in [0, 0.1) is 0 Å². The highest BCUT2D eigenvalue weighted by molar-refractivity contribution is 7.86. The highest BCUT2D eigenvalue weighted by Crippen LogP contribution is 2.16. The van der Waals surface area contributed by atoms with Gasteiger partial charge < -0.3 is 5.32 Å². The lowest BCUT2D eigenvalue weighted by molar-refractivity contribution is 0.230. The quantitative estimate of drug-likeness (QED) is 0.774. The summed E-state index contributed by atoms with van der Waals surface area (Å²) in [4.78, 5) is 0.219. The van der Waals surface area contributed by atoms with Crippen molar-refractivity contribution in [3.05, 3.63) is 30.3 Å². The maximum absolute atomic E-state index is 11.7. The summed E-state index contributed by atoms with van der Waals surface area (Å²) in [7, 11) is -3.58. The molecule has 5 heteroatoms. The lowest BCUT2D eigenvalue weighted by Crippen LogP contribution is -2.21. The zero-order valence-electron chi connectivity index (χ0n) is 8.22. The van der Waals surface area contributed by atoms with Crippen molar-refractivity contribution in [1.82, 2.24) is 5.32 Å². The van der Waals surface area contributed by atoms with Crippen molar-refractivity contribution in [2.75, 3.05) is 13.1 Å². The van der Waals surface area contributed by atoms with Crippen LogP contribution in [-0.2, 0) is 14.3 Å². The van der Waals surface area contributed by atoms with Gasteiger partial charge in [0.1, 0.15) is 0 Å². The van der Waals surface area contributed by atoms with Gasteiger partial charge in [-0.1, -0.05) is 18.2 Å². The van der Waals surface area contributed by atoms with Crippen LogP contribution in [0.3, 0.4) is 0 Å². The topological polar surface area (TPSA) is 55.4 Å². The summed E-state index contributed by atoms with van der Waals surface area (Å²) < 4.78 is 28.6. The van der Waals surface area contributed by atoms with Crippen LogP contribution in [0.2, 0.25) is 0 Å². The zero-order valence-corrected chi connectivity index (χ0v) is 9.03. The van der Waals surface area contributed by atoms with Crippen molar-refractivity contribution in [3.63, 3.8) is 0 Å². The van der Waals surface area contributed by atoms with Gasteiger partial charge in [-0.05, 0) is 25.1 Å². The average Bonchev–Trinajstić information content (AvgIpc) is 2.71. The zero-order chi connectivity index (χ0) is 10.7. The fourth-order valence-corrected chi connectivity index (χ4v) is 2.66. The van der Waals surface area contributed by atoms with Crippen molar-refractivity contribution < 1.29 is 12.6 Å². The van der Waals surface area contributed by atoms with Crippen molar-refractivity contribution in [2.45, 2.75) is 17.4 Å². The van der Waals surface area contributed by atoms with Gasteiger partial charge in [0, 0.05) is 6.54 Å². The highest BCUT2D eigenvalue weighted by Gasteiger charge is 2.23. The van der Waals surface area contributed by atoms with Gasteiger partial charge in [0.25, 0.3) is 10.1 Å². The van der Waals surface area contributed by atoms with Crippen LogP contribution in [0.5, 0.6) is 0 Å². The molecule has 0 bridgehead atoms. The van der Waals surface area contributed by atoms with Crippen molar-refractivity contribution in [2.24, 2.45) is 0 Å². The molecule has 1 atom stereocenters.